The molecule has 13 heteroatoms. The number of hydrogen-bond acceptors (Lipinski definition) is 10. The van der Waals surface area contributed by atoms with Crippen LogP contribution in [0.3, 0.4) is 0 Å². The number of anilines is 1. The number of hydrogen-bond donors (Lipinski definition) is 5. The zero-order chi connectivity index (χ0) is 20.2. The van der Waals surface area contributed by atoms with E-state index in [-0.39, 0.29) is 30.3 Å². The lowest BCUT2D eigenvalue weighted by Gasteiger charge is -2.25. The summed E-state index contributed by atoms with van der Waals surface area (Å²) < 4.78 is 31.6. The second kappa shape index (κ2) is 6.72. The van der Waals surface area contributed by atoms with Crippen molar-refractivity contribution in [2.45, 2.75) is 49.5 Å². The van der Waals surface area contributed by atoms with Gasteiger partial charge in [-0.1, -0.05) is 0 Å². The fraction of sp³-hybridized carbons (Fsp3) is 0.667. The number of fused-ring (bicyclic) bond motifs is 1. The highest BCUT2D eigenvalue weighted by atomic mass is 19.1. The monoisotopic (exact) mass is 401 g/mol. The fourth-order valence-corrected chi connectivity index (χ4v) is 3.28. The van der Waals surface area contributed by atoms with Gasteiger partial charge in [-0.25, -0.2) is 9.37 Å². The standard InChI is InChI=1S/C15H20FN5O7/c1-15(16)6(22)3-27-13(15)26-2-5-8(23)9(24)12(28-5)21-4-18-7-10(21)19-14(17)20-11(7)25/h4-6,8-9,12-13,22-24H,2-3H2,1H3,(H3,17,19,20,25)/t5-,6-,8-,9-,12-,13-,15?/m1/s1. The average molecular weight is 401 g/mol. The van der Waals surface area contributed by atoms with Crippen molar-refractivity contribution in [1.82, 2.24) is 19.5 Å². The molecule has 154 valence electrons. The molecule has 0 amide bonds. The third kappa shape index (κ3) is 2.96. The Kier molecular flexibility index (Phi) is 4.60. The second-order valence-corrected chi connectivity index (χ2v) is 6.99. The molecule has 4 rings (SSSR count). The molecular weight excluding hydrogens is 381 g/mol. The van der Waals surface area contributed by atoms with Gasteiger partial charge in [-0.3, -0.25) is 14.3 Å². The lowest BCUT2D eigenvalue weighted by Crippen LogP contribution is -2.43. The molecule has 1 unspecified atom stereocenters. The van der Waals surface area contributed by atoms with Gasteiger partial charge < -0.3 is 35.3 Å². The van der Waals surface area contributed by atoms with Crippen molar-refractivity contribution in [3.05, 3.63) is 16.7 Å². The Morgan fingerprint density at radius 3 is 2.89 bits per heavy atom. The molecule has 2 aliphatic rings. The van der Waals surface area contributed by atoms with E-state index in [0.29, 0.717) is 0 Å². The maximum atomic E-state index is 14.3. The molecule has 0 aromatic carbocycles. The Labute approximate surface area is 156 Å². The minimum absolute atomic E-state index is 0.0132. The summed E-state index contributed by atoms with van der Waals surface area (Å²) in [6, 6.07) is 0. The minimum atomic E-state index is -2.12. The van der Waals surface area contributed by atoms with Crippen LogP contribution in [0.1, 0.15) is 13.2 Å². The van der Waals surface area contributed by atoms with E-state index in [0.717, 1.165) is 6.92 Å². The van der Waals surface area contributed by atoms with Crippen LogP contribution in [0.15, 0.2) is 11.1 Å². The van der Waals surface area contributed by atoms with Crippen molar-refractivity contribution in [1.29, 1.82) is 0 Å². The zero-order valence-corrected chi connectivity index (χ0v) is 14.7. The van der Waals surface area contributed by atoms with E-state index in [1.54, 1.807) is 0 Å². The van der Waals surface area contributed by atoms with Crippen molar-refractivity contribution in [3.8, 4) is 0 Å². The molecule has 0 bridgehead atoms. The Morgan fingerprint density at radius 1 is 1.46 bits per heavy atom. The molecule has 2 aromatic heterocycles. The van der Waals surface area contributed by atoms with Crippen LogP contribution in [-0.4, -0.2) is 84.4 Å². The third-order valence-corrected chi connectivity index (χ3v) is 4.99. The summed E-state index contributed by atoms with van der Waals surface area (Å²) in [5, 5.41) is 30.2. The lowest BCUT2D eigenvalue weighted by molar-refractivity contribution is -0.189. The van der Waals surface area contributed by atoms with E-state index in [9.17, 15) is 24.5 Å². The summed E-state index contributed by atoms with van der Waals surface area (Å²) in [5.41, 5.74) is 2.92. The smallest absolute Gasteiger partial charge is 0.280 e. The van der Waals surface area contributed by atoms with Crippen molar-refractivity contribution >= 4 is 17.1 Å². The first-order valence-electron chi connectivity index (χ1n) is 8.54. The van der Waals surface area contributed by atoms with E-state index in [2.05, 4.69) is 15.0 Å². The fourth-order valence-electron chi connectivity index (χ4n) is 3.28. The number of rotatable bonds is 4. The largest absolute Gasteiger partial charge is 0.387 e. The van der Waals surface area contributed by atoms with Crippen LogP contribution in [0.5, 0.6) is 0 Å². The minimum Gasteiger partial charge on any atom is -0.387 e. The van der Waals surface area contributed by atoms with Crippen LogP contribution in [0.25, 0.3) is 11.2 Å². The number of ether oxygens (including phenoxy) is 3. The molecule has 2 aromatic rings. The molecule has 0 saturated carbocycles. The third-order valence-electron chi connectivity index (χ3n) is 4.99. The quantitative estimate of drug-likeness (QED) is 0.377. The van der Waals surface area contributed by atoms with Crippen LogP contribution < -0.4 is 11.3 Å². The number of nitrogens with one attached hydrogen (secondary N) is 1. The van der Waals surface area contributed by atoms with Crippen molar-refractivity contribution in [3.63, 3.8) is 0 Å². The summed E-state index contributed by atoms with van der Waals surface area (Å²) in [6.45, 7) is 0.609. The van der Waals surface area contributed by atoms with Gasteiger partial charge in [0.15, 0.2) is 29.4 Å². The molecule has 4 heterocycles. The number of aromatic nitrogens is 4. The molecular formula is C15H20FN5O7. The van der Waals surface area contributed by atoms with Crippen LogP contribution in [0.2, 0.25) is 0 Å². The van der Waals surface area contributed by atoms with Crippen molar-refractivity contribution < 1.29 is 33.9 Å². The Balaban J connectivity index is 1.52. The number of H-pyrrole nitrogens is 1. The highest BCUT2D eigenvalue weighted by molar-refractivity contribution is 5.70. The van der Waals surface area contributed by atoms with Gasteiger partial charge in [0.2, 0.25) is 5.95 Å². The molecule has 2 fully saturated rings. The average Bonchev–Trinajstić information content (AvgIpc) is 3.24. The topological polar surface area (TPSA) is 178 Å². The normalized spacial score (nSPS) is 38.5. The van der Waals surface area contributed by atoms with Crippen LogP contribution in [0, 0.1) is 0 Å². The number of aliphatic hydroxyl groups excluding tert-OH is 3. The number of nitrogens with zero attached hydrogens (tertiary/aromatic N) is 3. The number of nitrogens with two attached hydrogens (primary N) is 1. The van der Waals surface area contributed by atoms with Crippen LogP contribution in [-0.2, 0) is 14.2 Å². The molecule has 2 aliphatic heterocycles. The lowest BCUT2D eigenvalue weighted by atomic mass is 10.0. The maximum absolute atomic E-state index is 14.3. The number of halogens is 1. The SMILES string of the molecule is CC1(F)[C@H](OC[C@H]2O[C@@H](n3cnc4c(=O)[nH]c(N)nc43)[C@H](O)[C@@H]2O)OC[C@H]1O. The van der Waals surface area contributed by atoms with E-state index in [1.165, 1.54) is 10.9 Å². The van der Waals surface area contributed by atoms with Gasteiger partial charge in [0.1, 0.15) is 24.4 Å². The summed E-state index contributed by atoms with van der Waals surface area (Å²) in [7, 11) is 0. The number of alkyl halides is 1. The Hall–Kier alpha value is -2.16. The van der Waals surface area contributed by atoms with Gasteiger partial charge in [0.05, 0.1) is 19.5 Å². The zero-order valence-electron chi connectivity index (χ0n) is 14.7. The van der Waals surface area contributed by atoms with E-state index < -0.39 is 48.2 Å². The Bertz CT molecular complexity index is 933. The van der Waals surface area contributed by atoms with E-state index in [4.69, 9.17) is 19.9 Å². The molecule has 12 nitrogen and oxygen atoms in total. The van der Waals surface area contributed by atoms with Gasteiger partial charge in [-0.15, -0.1) is 0 Å². The summed E-state index contributed by atoms with van der Waals surface area (Å²) in [4.78, 5) is 22.1. The highest BCUT2D eigenvalue weighted by Crippen LogP contribution is 2.34. The van der Waals surface area contributed by atoms with Crippen LogP contribution >= 0.6 is 0 Å². The maximum Gasteiger partial charge on any atom is 0.280 e. The Morgan fingerprint density at radius 2 is 2.21 bits per heavy atom. The van der Waals surface area contributed by atoms with Gasteiger partial charge in [-0.05, 0) is 6.92 Å². The first kappa shape index (κ1) is 19.2. The summed E-state index contributed by atoms with van der Waals surface area (Å²) >= 11 is 0. The highest BCUT2D eigenvalue weighted by Gasteiger charge is 2.51. The number of imidazole rings is 1. The molecule has 0 aliphatic carbocycles. The summed E-state index contributed by atoms with van der Waals surface area (Å²) in [5.74, 6) is -0.147. The van der Waals surface area contributed by atoms with Crippen molar-refractivity contribution in [2.75, 3.05) is 18.9 Å². The van der Waals surface area contributed by atoms with Crippen molar-refractivity contribution in [2.24, 2.45) is 0 Å². The van der Waals surface area contributed by atoms with Crippen LogP contribution in [0.4, 0.5) is 10.3 Å². The summed E-state index contributed by atoms with van der Waals surface area (Å²) in [6.07, 6.45) is -6.39. The second-order valence-electron chi connectivity index (χ2n) is 6.99. The molecule has 0 spiro atoms. The molecule has 2 saturated heterocycles. The van der Waals surface area contributed by atoms with E-state index in [1.807, 2.05) is 0 Å². The van der Waals surface area contributed by atoms with Gasteiger partial charge >= 0.3 is 0 Å². The van der Waals surface area contributed by atoms with E-state index >= 15 is 0 Å². The molecule has 28 heavy (non-hydrogen) atoms. The molecule has 0 radical (unpaired) electrons. The van der Waals surface area contributed by atoms with Gasteiger partial charge in [0, 0.05) is 0 Å². The molecule has 6 N–H and O–H groups in total. The number of aliphatic hydroxyl groups is 3. The first-order chi connectivity index (χ1) is 13.2. The number of aromatic amines is 1. The van der Waals surface area contributed by atoms with Gasteiger partial charge in [-0.2, -0.15) is 4.98 Å². The molecule has 7 atom stereocenters. The predicted octanol–water partition coefficient (Wildman–Crippen LogP) is -2.22. The number of nitrogen functional groups attached to an aromatic ring is 1. The van der Waals surface area contributed by atoms with Gasteiger partial charge in [0.25, 0.3) is 5.56 Å². The first-order valence-corrected chi connectivity index (χ1v) is 8.54. The predicted molar refractivity (Wildman–Crippen MR) is 89.7 cm³/mol.